The fraction of sp³-hybridized carbons (Fsp3) is 0.345. The van der Waals surface area contributed by atoms with E-state index in [0.29, 0.717) is 40.5 Å². The molecule has 1 aliphatic heterocycles. The molecule has 1 fully saturated rings. The van der Waals surface area contributed by atoms with Crippen molar-refractivity contribution >= 4 is 23.1 Å². The molecule has 0 aliphatic carbocycles. The van der Waals surface area contributed by atoms with Crippen LogP contribution in [-0.4, -0.2) is 89.2 Å². The van der Waals surface area contributed by atoms with Crippen LogP contribution < -0.4 is 15.4 Å². The summed E-state index contributed by atoms with van der Waals surface area (Å²) in [5, 5.41) is 6.39. The number of fused-ring (bicyclic) bond motifs is 1. The van der Waals surface area contributed by atoms with Crippen molar-refractivity contribution < 1.29 is 27.1 Å². The van der Waals surface area contributed by atoms with Crippen LogP contribution in [0.3, 0.4) is 0 Å². The molecule has 0 saturated carbocycles. The zero-order valence-electron chi connectivity index (χ0n) is 23.2. The summed E-state index contributed by atoms with van der Waals surface area (Å²) in [7, 11) is 1.40. The summed E-state index contributed by atoms with van der Waals surface area (Å²) in [6.45, 7) is 3.70. The van der Waals surface area contributed by atoms with E-state index in [1.54, 1.807) is 48.1 Å². The van der Waals surface area contributed by atoms with Crippen LogP contribution in [0, 0.1) is 12.7 Å². The van der Waals surface area contributed by atoms with Gasteiger partial charge in [0, 0.05) is 68.5 Å². The number of nitrogens with one attached hydrogen (secondary N) is 2. The Balaban J connectivity index is 1.35. The minimum absolute atomic E-state index is 0.0238. The first kappa shape index (κ1) is 29.3. The quantitative estimate of drug-likeness (QED) is 0.280. The molecule has 4 aromatic rings. The topological polar surface area (TPSA) is 87.0 Å². The van der Waals surface area contributed by atoms with Crippen LogP contribution in [0.1, 0.15) is 15.9 Å². The van der Waals surface area contributed by atoms with E-state index in [9.17, 15) is 22.4 Å². The number of alkyl halides is 3. The molecule has 0 radical (unpaired) electrons. The number of carbonyl (C=O) groups is 1. The summed E-state index contributed by atoms with van der Waals surface area (Å²) < 4.78 is 61.2. The SMILES string of the molecule is COc1ccc(-c2cnc3c(Nc4ccc(C(=O)N(CCN5CCNCC5)CC(F)(F)F)c(C)c4)nccn23)cc1F. The van der Waals surface area contributed by atoms with Gasteiger partial charge >= 0.3 is 6.18 Å². The first-order chi connectivity index (χ1) is 20.1. The first-order valence-corrected chi connectivity index (χ1v) is 13.5. The molecule has 2 aromatic heterocycles. The van der Waals surface area contributed by atoms with E-state index in [-0.39, 0.29) is 17.9 Å². The van der Waals surface area contributed by atoms with Crippen molar-refractivity contribution in [2.45, 2.75) is 13.1 Å². The lowest BCUT2D eigenvalue weighted by molar-refractivity contribution is -0.141. The summed E-state index contributed by atoms with van der Waals surface area (Å²) in [5.74, 6) is -0.627. The molecule has 2 aromatic carbocycles. The highest BCUT2D eigenvalue weighted by Gasteiger charge is 2.34. The maximum atomic E-state index is 14.3. The van der Waals surface area contributed by atoms with E-state index in [4.69, 9.17) is 4.74 Å². The van der Waals surface area contributed by atoms with Gasteiger partial charge < -0.3 is 20.3 Å². The molecule has 1 saturated heterocycles. The van der Waals surface area contributed by atoms with Gasteiger partial charge in [-0.15, -0.1) is 0 Å². The number of aryl methyl sites for hydroxylation is 1. The lowest BCUT2D eigenvalue weighted by Gasteiger charge is -2.31. The molecular formula is C29H31F4N7O2. The first-order valence-electron chi connectivity index (χ1n) is 13.5. The second kappa shape index (κ2) is 12.3. The number of carbonyl (C=O) groups excluding carboxylic acids is 1. The molecular weight excluding hydrogens is 554 g/mol. The van der Waals surface area contributed by atoms with Gasteiger partial charge in [-0.1, -0.05) is 0 Å². The van der Waals surface area contributed by atoms with Gasteiger partial charge in [-0.3, -0.25) is 14.1 Å². The Hall–Kier alpha value is -4.23. The Bertz CT molecular complexity index is 1570. The Morgan fingerprint density at radius 2 is 1.93 bits per heavy atom. The normalized spacial score (nSPS) is 14.2. The number of rotatable bonds is 9. The molecule has 0 atom stereocenters. The highest BCUT2D eigenvalue weighted by atomic mass is 19.4. The van der Waals surface area contributed by atoms with Gasteiger partial charge in [-0.05, 0) is 48.9 Å². The standard InChI is InChI=1S/C29H31F4N7O2/c1-19-15-21(4-5-22(19)28(41)39(18-29(31,32)33)14-13-38-10-7-34-8-11-38)37-26-27-36-17-24(40(27)12-9-35-26)20-3-6-25(42-2)23(30)16-20/h3-6,9,12,15-17,34H,7-8,10-11,13-14,18H2,1-2H3,(H,35,37). The van der Waals surface area contributed by atoms with Crippen molar-refractivity contribution in [3.63, 3.8) is 0 Å². The number of piperazine rings is 1. The fourth-order valence-corrected chi connectivity index (χ4v) is 5.00. The minimum atomic E-state index is -4.51. The maximum Gasteiger partial charge on any atom is 0.406 e. The summed E-state index contributed by atoms with van der Waals surface area (Å²) in [6, 6.07) is 9.45. The van der Waals surface area contributed by atoms with Gasteiger partial charge in [0.1, 0.15) is 6.54 Å². The molecule has 0 bridgehead atoms. The van der Waals surface area contributed by atoms with Crippen LogP contribution in [0.2, 0.25) is 0 Å². The highest BCUT2D eigenvalue weighted by molar-refractivity contribution is 5.96. The van der Waals surface area contributed by atoms with Crippen LogP contribution in [0.4, 0.5) is 29.1 Å². The molecule has 2 N–H and O–H groups in total. The second-order valence-electron chi connectivity index (χ2n) is 10.1. The number of imidazole rings is 1. The molecule has 1 aliphatic rings. The predicted octanol–water partition coefficient (Wildman–Crippen LogP) is 4.51. The molecule has 1 amide bonds. The number of hydrogen-bond acceptors (Lipinski definition) is 7. The highest BCUT2D eigenvalue weighted by Crippen LogP contribution is 2.29. The lowest BCUT2D eigenvalue weighted by atomic mass is 10.1. The Labute approximate surface area is 240 Å². The monoisotopic (exact) mass is 585 g/mol. The maximum absolute atomic E-state index is 14.3. The van der Waals surface area contributed by atoms with E-state index < -0.39 is 24.4 Å². The van der Waals surface area contributed by atoms with Crippen molar-refractivity contribution in [2.75, 3.05) is 58.2 Å². The Kier molecular flexibility index (Phi) is 8.59. The molecule has 13 heteroatoms. The van der Waals surface area contributed by atoms with E-state index in [2.05, 4.69) is 20.6 Å². The summed E-state index contributed by atoms with van der Waals surface area (Å²) in [5.41, 5.74) is 3.00. The van der Waals surface area contributed by atoms with Gasteiger partial charge in [0.05, 0.1) is 19.0 Å². The van der Waals surface area contributed by atoms with Crippen LogP contribution in [0.15, 0.2) is 55.0 Å². The van der Waals surface area contributed by atoms with Gasteiger partial charge in [0.2, 0.25) is 0 Å². The van der Waals surface area contributed by atoms with E-state index in [1.807, 2.05) is 4.90 Å². The molecule has 5 rings (SSSR count). The Morgan fingerprint density at radius 1 is 1.14 bits per heavy atom. The van der Waals surface area contributed by atoms with Crippen molar-refractivity contribution in [1.82, 2.24) is 29.5 Å². The van der Waals surface area contributed by atoms with Crippen molar-refractivity contribution in [2.24, 2.45) is 0 Å². The minimum Gasteiger partial charge on any atom is -0.494 e. The predicted molar refractivity (Wildman–Crippen MR) is 151 cm³/mol. The Morgan fingerprint density at radius 3 is 2.62 bits per heavy atom. The summed E-state index contributed by atoms with van der Waals surface area (Å²) in [4.78, 5) is 25.0. The zero-order valence-corrected chi connectivity index (χ0v) is 23.2. The van der Waals surface area contributed by atoms with Crippen molar-refractivity contribution in [3.8, 4) is 17.0 Å². The zero-order chi connectivity index (χ0) is 29.9. The van der Waals surface area contributed by atoms with Crippen LogP contribution in [0.25, 0.3) is 16.9 Å². The third-order valence-corrected chi connectivity index (χ3v) is 7.15. The third-order valence-electron chi connectivity index (χ3n) is 7.15. The van der Waals surface area contributed by atoms with Gasteiger partial charge in [-0.25, -0.2) is 14.4 Å². The van der Waals surface area contributed by atoms with Crippen LogP contribution in [0.5, 0.6) is 5.75 Å². The number of hydrogen-bond donors (Lipinski definition) is 2. The van der Waals surface area contributed by atoms with Gasteiger partial charge in [-0.2, -0.15) is 13.2 Å². The number of nitrogens with zero attached hydrogens (tertiary/aromatic N) is 5. The number of anilines is 2. The van der Waals surface area contributed by atoms with Gasteiger partial charge in [0.25, 0.3) is 5.91 Å². The molecule has 9 nitrogen and oxygen atoms in total. The van der Waals surface area contributed by atoms with Crippen molar-refractivity contribution in [3.05, 3.63) is 71.9 Å². The average molecular weight is 586 g/mol. The molecule has 222 valence electrons. The van der Waals surface area contributed by atoms with E-state index >= 15 is 0 Å². The summed E-state index contributed by atoms with van der Waals surface area (Å²) >= 11 is 0. The molecule has 42 heavy (non-hydrogen) atoms. The molecule has 0 unspecified atom stereocenters. The van der Waals surface area contributed by atoms with Crippen molar-refractivity contribution in [1.29, 1.82) is 0 Å². The number of methoxy groups -OCH3 is 1. The fourth-order valence-electron chi connectivity index (χ4n) is 5.00. The van der Waals surface area contributed by atoms with E-state index in [0.717, 1.165) is 31.1 Å². The largest absolute Gasteiger partial charge is 0.494 e. The number of benzene rings is 2. The van der Waals surface area contributed by atoms with E-state index in [1.165, 1.54) is 25.3 Å². The number of halogens is 4. The summed E-state index contributed by atoms with van der Waals surface area (Å²) in [6.07, 6.45) is 0.359. The van der Waals surface area contributed by atoms with Gasteiger partial charge in [0.15, 0.2) is 23.0 Å². The molecule has 3 heterocycles. The molecule has 0 spiro atoms. The third kappa shape index (κ3) is 6.63. The number of amides is 1. The van der Waals surface area contributed by atoms with Crippen LogP contribution >= 0.6 is 0 Å². The van der Waals surface area contributed by atoms with Crippen LogP contribution in [-0.2, 0) is 0 Å². The number of ether oxygens (including phenoxy) is 1. The smallest absolute Gasteiger partial charge is 0.406 e. The second-order valence-corrected chi connectivity index (χ2v) is 10.1. The average Bonchev–Trinajstić information content (AvgIpc) is 3.40. The lowest BCUT2D eigenvalue weighted by Crippen LogP contribution is -2.48. The number of aromatic nitrogens is 3.